The number of hydrogen-bond acceptors (Lipinski definition) is 2. The van der Waals surface area contributed by atoms with E-state index in [4.69, 9.17) is 11.6 Å². The van der Waals surface area contributed by atoms with Crippen molar-refractivity contribution in [2.24, 2.45) is 4.99 Å². The number of hydrogen-bond donors (Lipinski definition) is 0. The Kier molecular flexibility index (Phi) is 4.48. The maximum Gasteiger partial charge on any atom is 0.417 e. The normalized spacial score (nSPS) is 17.6. The Balaban J connectivity index is 1.91. The van der Waals surface area contributed by atoms with E-state index in [-0.39, 0.29) is 17.0 Å². The maximum atomic E-state index is 14.7. The molecule has 0 saturated carbocycles. The number of fused-ring (bicyclic) bond motifs is 5. The average Bonchev–Trinajstić information content (AvgIpc) is 3.24. The number of aromatic nitrogens is 2. The molecule has 2 aromatic carbocycles. The van der Waals surface area contributed by atoms with Crippen molar-refractivity contribution in [3.05, 3.63) is 80.9 Å². The molecule has 5 rings (SSSR count). The number of benzene rings is 2. The molecular weight excluding hydrogens is 437 g/mol. The molecule has 0 radical (unpaired) electrons. The van der Waals surface area contributed by atoms with E-state index in [9.17, 15) is 22.0 Å². The van der Waals surface area contributed by atoms with Crippen molar-refractivity contribution >= 4 is 17.3 Å². The number of rotatable bonds is 1. The first-order chi connectivity index (χ1) is 14.7. The van der Waals surface area contributed by atoms with Gasteiger partial charge in [-0.2, -0.15) is 13.2 Å². The van der Waals surface area contributed by atoms with Gasteiger partial charge in [-0.3, -0.25) is 9.56 Å². The van der Waals surface area contributed by atoms with Crippen molar-refractivity contribution in [1.29, 1.82) is 0 Å². The molecule has 0 spiro atoms. The molecule has 0 fully saturated rings. The Labute approximate surface area is 179 Å². The average molecular weight is 452 g/mol. The molecule has 2 aliphatic rings. The van der Waals surface area contributed by atoms with Gasteiger partial charge in [-0.15, -0.1) is 0 Å². The summed E-state index contributed by atoms with van der Waals surface area (Å²) in [6.07, 6.45) is -2.44. The van der Waals surface area contributed by atoms with E-state index in [1.807, 2.05) is 0 Å². The Bertz CT molecular complexity index is 1240. The lowest BCUT2D eigenvalue weighted by Crippen LogP contribution is -2.16. The molecule has 0 N–H and O–H groups in total. The first kappa shape index (κ1) is 20.2. The summed E-state index contributed by atoms with van der Waals surface area (Å²) in [5.41, 5.74) is -0.00702. The van der Waals surface area contributed by atoms with Crippen molar-refractivity contribution in [1.82, 2.24) is 9.55 Å². The third kappa shape index (κ3) is 2.99. The molecule has 0 unspecified atom stereocenters. The van der Waals surface area contributed by atoms with Crippen LogP contribution < -0.4 is 0 Å². The third-order valence-electron chi connectivity index (χ3n) is 5.71. The Morgan fingerprint density at radius 2 is 1.74 bits per heavy atom. The predicted molar refractivity (Wildman–Crippen MR) is 106 cm³/mol. The first-order valence-corrected chi connectivity index (χ1v) is 10.1. The van der Waals surface area contributed by atoms with E-state index in [0.717, 1.165) is 42.4 Å². The largest absolute Gasteiger partial charge is 0.417 e. The summed E-state index contributed by atoms with van der Waals surface area (Å²) in [5.74, 6) is -1.36. The molecule has 9 heteroatoms. The van der Waals surface area contributed by atoms with Crippen LogP contribution in [0, 0.1) is 11.6 Å². The molecule has 0 bridgehead atoms. The fourth-order valence-electron chi connectivity index (χ4n) is 4.37. The molecule has 0 amide bonds. The van der Waals surface area contributed by atoms with Gasteiger partial charge in [0.25, 0.3) is 0 Å². The number of halogens is 6. The molecule has 1 aliphatic carbocycles. The van der Waals surface area contributed by atoms with Crippen molar-refractivity contribution in [2.75, 3.05) is 0 Å². The Morgan fingerprint density at radius 3 is 2.42 bits per heavy atom. The van der Waals surface area contributed by atoms with E-state index in [2.05, 4.69) is 9.98 Å². The molecule has 31 heavy (non-hydrogen) atoms. The van der Waals surface area contributed by atoms with Crippen LogP contribution >= 0.6 is 11.6 Å². The van der Waals surface area contributed by atoms with Crippen LogP contribution in [0.15, 0.2) is 35.3 Å². The second kappa shape index (κ2) is 6.88. The van der Waals surface area contributed by atoms with E-state index in [1.165, 1.54) is 12.1 Å². The van der Waals surface area contributed by atoms with Gasteiger partial charge in [0.05, 0.1) is 33.2 Å². The molecule has 3 aromatic rings. The maximum absolute atomic E-state index is 14.7. The van der Waals surface area contributed by atoms with Gasteiger partial charge in [0.1, 0.15) is 23.5 Å². The molecule has 2 heterocycles. The second-order valence-corrected chi connectivity index (χ2v) is 8.00. The van der Waals surface area contributed by atoms with Gasteiger partial charge in [-0.25, -0.2) is 13.8 Å². The first-order valence-electron chi connectivity index (χ1n) is 9.71. The van der Waals surface area contributed by atoms with Crippen molar-refractivity contribution < 1.29 is 22.0 Å². The van der Waals surface area contributed by atoms with Crippen LogP contribution in [0.4, 0.5) is 22.0 Å². The van der Waals surface area contributed by atoms with Gasteiger partial charge in [0.2, 0.25) is 0 Å². The SMILES string of the molecule is C[C@@H]1N=C(c2c(F)cccc2F)c2c(ccc(C(F)(F)F)c2Cl)-n2c1nc1c2CCC1. The molecule has 3 nitrogen and oxygen atoms in total. The highest BCUT2D eigenvalue weighted by molar-refractivity contribution is 6.37. The summed E-state index contributed by atoms with van der Waals surface area (Å²) in [4.78, 5) is 9.10. The Hall–Kier alpha value is -2.74. The highest BCUT2D eigenvalue weighted by Gasteiger charge is 2.39. The fourth-order valence-corrected chi connectivity index (χ4v) is 4.73. The summed E-state index contributed by atoms with van der Waals surface area (Å²) in [5, 5.41) is -0.646. The van der Waals surface area contributed by atoms with Gasteiger partial charge in [-0.05, 0) is 50.5 Å². The minimum atomic E-state index is -4.75. The summed E-state index contributed by atoms with van der Waals surface area (Å²) >= 11 is 6.29. The van der Waals surface area contributed by atoms with Crippen LogP contribution in [0.25, 0.3) is 5.69 Å². The molecule has 1 atom stereocenters. The summed E-state index contributed by atoms with van der Waals surface area (Å²) < 4.78 is 72.1. The Morgan fingerprint density at radius 1 is 1.03 bits per heavy atom. The number of nitrogens with zero attached hydrogens (tertiary/aromatic N) is 3. The van der Waals surface area contributed by atoms with Gasteiger partial charge in [-0.1, -0.05) is 17.7 Å². The van der Waals surface area contributed by atoms with Crippen LogP contribution in [0.2, 0.25) is 5.02 Å². The number of aliphatic imine (C=N–C) groups is 1. The van der Waals surface area contributed by atoms with E-state index >= 15 is 0 Å². The van der Waals surface area contributed by atoms with Gasteiger partial charge < -0.3 is 0 Å². The second-order valence-electron chi connectivity index (χ2n) is 7.62. The van der Waals surface area contributed by atoms with Crippen LogP contribution in [0.3, 0.4) is 0 Å². The topological polar surface area (TPSA) is 30.2 Å². The highest BCUT2D eigenvalue weighted by Crippen LogP contribution is 2.43. The minimum Gasteiger partial charge on any atom is -0.298 e. The molecule has 1 aromatic heterocycles. The van der Waals surface area contributed by atoms with Crippen molar-refractivity contribution in [3.8, 4) is 5.69 Å². The van der Waals surface area contributed by atoms with E-state index < -0.39 is 40.0 Å². The molecule has 160 valence electrons. The fraction of sp³-hybridized carbons (Fsp3) is 0.273. The van der Waals surface area contributed by atoms with Gasteiger partial charge in [0.15, 0.2) is 0 Å². The lowest BCUT2D eigenvalue weighted by Gasteiger charge is -2.19. The smallest absolute Gasteiger partial charge is 0.298 e. The monoisotopic (exact) mass is 451 g/mol. The highest BCUT2D eigenvalue weighted by atomic mass is 35.5. The lowest BCUT2D eigenvalue weighted by atomic mass is 9.96. The zero-order valence-electron chi connectivity index (χ0n) is 16.2. The predicted octanol–water partition coefficient (Wildman–Crippen LogP) is 6.22. The van der Waals surface area contributed by atoms with Crippen LogP contribution in [0.1, 0.15) is 53.3 Å². The standard InChI is InChI=1S/C22H15ClF5N3/c1-10-21-30-14-6-3-7-15(14)31(21)16-9-8-11(22(26,27)28)19(23)18(16)20(29-10)17-12(24)4-2-5-13(17)25/h2,4-5,8-10H,3,6-7H2,1H3/t10-/m0/s1. The van der Waals surface area contributed by atoms with Crippen LogP contribution in [-0.2, 0) is 19.0 Å². The quantitative estimate of drug-likeness (QED) is 0.404. The number of aryl methyl sites for hydroxylation is 1. The van der Waals surface area contributed by atoms with Crippen molar-refractivity contribution in [3.63, 3.8) is 0 Å². The molecule has 0 saturated heterocycles. The lowest BCUT2D eigenvalue weighted by molar-refractivity contribution is -0.137. The van der Waals surface area contributed by atoms with Gasteiger partial charge in [0, 0.05) is 11.3 Å². The zero-order chi connectivity index (χ0) is 22.1. The molecule has 1 aliphatic heterocycles. The minimum absolute atomic E-state index is 0.154. The third-order valence-corrected chi connectivity index (χ3v) is 6.10. The molecular formula is C22H15ClF5N3. The van der Waals surface area contributed by atoms with Crippen molar-refractivity contribution in [2.45, 2.75) is 38.4 Å². The van der Waals surface area contributed by atoms with Crippen LogP contribution in [-0.4, -0.2) is 15.3 Å². The van der Waals surface area contributed by atoms with E-state index in [0.29, 0.717) is 12.2 Å². The summed E-state index contributed by atoms with van der Waals surface area (Å²) in [6, 6.07) is 4.76. The zero-order valence-corrected chi connectivity index (χ0v) is 17.0. The van der Waals surface area contributed by atoms with Gasteiger partial charge >= 0.3 is 6.18 Å². The summed E-state index contributed by atoms with van der Waals surface area (Å²) in [6.45, 7) is 1.69. The number of alkyl halides is 3. The number of imidazole rings is 1. The summed E-state index contributed by atoms with van der Waals surface area (Å²) in [7, 11) is 0. The van der Waals surface area contributed by atoms with E-state index in [1.54, 1.807) is 11.5 Å². The van der Waals surface area contributed by atoms with Crippen LogP contribution in [0.5, 0.6) is 0 Å².